The summed E-state index contributed by atoms with van der Waals surface area (Å²) in [6.07, 6.45) is 6.86. The third kappa shape index (κ3) is 3.94. The van der Waals surface area contributed by atoms with E-state index in [1.165, 1.54) is 51.7 Å². The Morgan fingerprint density at radius 1 is 1.35 bits per heavy atom. The fraction of sp³-hybridized carbons (Fsp3) is 1.00. The molecule has 2 rings (SSSR count). The average molecular weight is 240 g/mol. The SMILES string of the molecule is CCCN(CC1CCCN1)C1CCOC(C)C1. The zero-order valence-corrected chi connectivity index (χ0v) is 11.5. The molecular formula is C14H28N2O. The number of hydrogen-bond acceptors (Lipinski definition) is 3. The molecule has 3 heteroatoms. The molecule has 2 aliphatic heterocycles. The lowest BCUT2D eigenvalue weighted by molar-refractivity contribution is -0.0189. The highest BCUT2D eigenvalue weighted by Crippen LogP contribution is 2.20. The van der Waals surface area contributed by atoms with Gasteiger partial charge in [-0.05, 0) is 52.1 Å². The van der Waals surface area contributed by atoms with Gasteiger partial charge in [0, 0.05) is 25.2 Å². The molecule has 1 N–H and O–H groups in total. The molecule has 0 aromatic rings. The van der Waals surface area contributed by atoms with Crippen LogP contribution >= 0.6 is 0 Å². The minimum Gasteiger partial charge on any atom is -0.378 e. The number of nitrogens with one attached hydrogen (secondary N) is 1. The van der Waals surface area contributed by atoms with E-state index in [2.05, 4.69) is 24.1 Å². The molecule has 3 nitrogen and oxygen atoms in total. The van der Waals surface area contributed by atoms with Gasteiger partial charge in [0.1, 0.15) is 0 Å². The summed E-state index contributed by atoms with van der Waals surface area (Å²) < 4.78 is 5.66. The van der Waals surface area contributed by atoms with E-state index in [0.717, 1.165) is 18.7 Å². The van der Waals surface area contributed by atoms with Crippen LogP contribution in [-0.2, 0) is 4.74 Å². The van der Waals surface area contributed by atoms with Crippen molar-refractivity contribution in [3.63, 3.8) is 0 Å². The van der Waals surface area contributed by atoms with E-state index in [0.29, 0.717) is 6.10 Å². The molecule has 2 heterocycles. The van der Waals surface area contributed by atoms with Crippen LogP contribution in [0.15, 0.2) is 0 Å². The summed E-state index contributed by atoms with van der Waals surface area (Å²) in [6, 6.07) is 1.49. The van der Waals surface area contributed by atoms with Gasteiger partial charge < -0.3 is 10.1 Å². The molecule has 3 atom stereocenters. The molecule has 3 unspecified atom stereocenters. The first-order valence-electron chi connectivity index (χ1n) is 7.38. The largest absolute Gasteiger partial charge is 0.378 e. The third-order valence-electron chi connectivity index (χ3n) is 4.10. The summed E-state index contributed by atoms with van der Waals surface area (Å²) in [5.41, 5.74) is 0. The van der Waals surface area contributed by atoms with Gasteiger partial charge in [-0.25, -0.2) is 0 Å². The van der Waals surface area contributed by atoms with Crippen LogP contribution in [0, 0.1) is 0 Å². The topological polar surface area (TPSA) is 24.5 Å². The molecule has 0 amide bonds. The smallest absolute Gasteiger partial charge is 0.0561 e. The zero-order chi connectivity index (χ0) is 12.1. The maximum absolute atomic E-state index is 5.66. The summed E-state index contributed by atoms with van der Waals surface area (Å²) in [5.74, 6) is 0. The van der Waals surface area contributed by atoms with E-state index < -0.39 is 0 Å². The van der Waals surface area contributed by atoms with Crippen LogP contribution < -0.4 is 5.32 Å². The predicted octanol–water partition coefficient (Wildman–Crippen LogP) is 2.02. The van der Waals surface area contributed by atoms with Crippen LogP contribution in [0.1, 0.15) is 46.0 Å². The van der Waals surface area contributed by atoms with Gasteiger partial charge in [0.05, 0.1) is 6.10 Å². The first kappa shape index (κ1) is 13.3. The summed E-state index contributed by atoms with van der Waals surface area (Å²) in [6.45, 7) is 9.15. The summed E-state index contributed by atoms with van der Waals surface area (Å²) in [4.78, 5) is 2.71. The maximum Gasteiger partial charge on any atom is 0.0561 e. The molecule has 0 spiro atoms. The van der Waals surface area contributed by atoms with Crippen LogP contribution in [0.5, 0.6) is 0 Å². The van der Waals surface area contributed by atoms with E-state index in [1.807, 2.05) is 0 Å². The average Bonchev–Trinajstić information content (AvgIpc) is 2.81. The van der Waals surface area contributed by atoms with E-state index in [1.54, 1.807) is 0 Å². The Balaban J connectivity index is 1.85. The van der Waals surface area contributed by atoms with Crippen LogP contribution in [0.25, 0.3) is 0 Å². The van der Waals surface area contributed by atoms with Gasteiger partial charge in [-0.2, -0.15) is 0 Å². The van der Waals surface area contributed by atoms with E-state index in [-0.39, 0.29) is 0 Å². The van der Waals surface area contributed by atoms with Crippen molar-refractivity contribution in [1.82, 2.24) is 10.2 Å². The Morgan fingerprint density at radius 2 is 2.24 bits per heavy atom. The number of rotatable bonds is 5. The number of nitrogens with zero attached hydrogens (tertiary/aromatic N) is 1. The maximum atomic E-state index is 5.66. The Hall–Kier alpha value is -0.120. The van der Waals surface area contributed by atoms with E-state index >= 15 is 0 Å². The Labute approximate surface area is 106 Å². The zero-order valence-electron chi connectivity index (χ0n) is 11.5. The van der Waals surface area contributed by atoms with Crippen LogP contribution in [-0.4, -0.2) is 49.3 Å². The molecule has 0 aromatic carbocycles. The Kier molecular flexibility index (Phi) is 5.26. The van der Waals surface area contributed by atoms with Gasteiger partial charge in [0.15, 0.2) is 0 Å². The fourth-order valence-corrected chi connectivity index (χ4v) is 3.21. The van der Waals surface area contributed by atoms with Crippen molar-refractivity contribution in [1.29, 1.82) is 0 Å². The molecule has 2 aliphatic rings. The van der Waals surface area contributed by atoms with Gasteiger partial charge >= 0.3 is 0 Å². The summed E-state index contributed by atoms with van der Waals surface area (Å²) >= 11 is 0. The highest BCUT2D eigenvalue weighted by Gasteiger charge is 2.27. The van der Waals surface area contributed by atoms with Crippen LogP contribution in [0.2, 0.25) is 0 Å². The van der Waals surface area contributed by atoms with Crippen molar-refractivity contribution in [2.75, 3.05) is 26.2 Å². The molecule has 100 valence electrons. The first-order valence-corrected chi connectivity index (χ1v) is 7.38. The predicted molar refractivity (Wildman–Crippen MR) is 71.3 cm³/mol. The van der Waals surface area contributed by atoms with E-state index in [4.69, 9.17) is 4.74 Å². The third-order valence-corrected chi connectivity index (χ3v) is 4.10. The van der Waals surface area contributed by atoms with Crippen molar-refractivity contribution in [2.24, 2.45) is 0 Å². The molecule has 0 aliphatic carbocycles. The monoisotopic (exact) mass is 240 g/mol. The molecule has 0 bridgehead atoms. The van der Waals surface area contributed by atoms with Crippen molar-refractivity contribution < 1.29 is 4.74 Å². The van der Waals surface area contributed by atoms with E-state index in [9.17, 15) is 0 Å². The minimum atomic E-state index is 0.449. The molecule has 0 aromatic heterocycles. The summed E-state index contributed by atoms with van der Waals surface area (Å²) in [7, 11) is 0. The quantitative estimate of drug-likeness (QED) is 0.795. The highest BCUT2D eigenvalue weighted by atomic mass is 16.5. The normalized spacial score (nSPS) is 34.4. The second-order valence-electron chi connectivity index (χ2n) is 5.65. The van der Waals surface area contributed by atoms with Crippen LogP contribution in [0.3, 0.4) is 0 Å². The van der Waals surface area contributed by atoms with Gasteiger partial charge in [0.25, 0.3) is 0 Å². The summed E-state index contributed by atoms with van der Waals surface area (Å²) in [5, 5.41) is 3.62. The van der Waals surface area contributed by atoms with Gasteiger partial charge in [-0.15, -0.1) is 0 Å². The van der Waals surface area contributed by atoms with Crippen molar-refractivity contribution in [3.05, 3.63) is 0 Å². The Bertz CT molecular complexity index is 216. The second kappa shape index (κ2) is 6.72. The standard InChI is InChI=1S/C14H28N2O/c1-3-8-16(11-13-5-4-7-15-13)14-6-9-17-12(2)10-14/h12-15H,3-11H2,1-2H3. The molecule has 17 heavy (non-hydrogen) atoms. The minimum absolute atomic E-state index is 0.449. The fourth-order valence-electron chi connectivity index (χ4n) is 3.21. The van der Waals surface area contributed by atoms with Gasteiger partial charge in [-0.3, -0.25) is 4.90 Å². The van der Waals surface area contributed by atoms with Gasteiger partial charge in [-0.1, -0.05) is 6.92 Å². The molecular weight excluding hydrogens is 212 g/mol. The lowest BCUT2D eigenvalue weighted by atomic mass is 10.0. The molecule has 0 radical (unpaired) electrons. The Morgan fingerprint density at radius 3 is 2.88 bits per heavy atom. The van der Waals surface area contributed by atoms with Crippen LogP contribution in [0.4, 0.5) is 0 Å². The molecule has 2 fully saturated rings. The van der Waals surface area contributed by atoms with Crippen molar-refractivity contribution in [3.8, 4) is 0 Å². The lowest BCUT2D eigenvalue weighted by Gasteiger charge is -2.38. The van der Waals surface area contributed by atoms with Crippen molar-refractivity contribution in [2.45, 2.75) is 64.1 Å². The molecule has 2 saturated heterocycles. The number of hydrogen-bond donors (Lipinski definition) is 1. The molecule has 0 saturated carbocycles. The van der Waals surface area contributed by atoms with Crippen molar-refractivity contribution >= 4 is 0 Å². The second-order valence-corrected chi connectivity index (χ2v) is 5.65. The first-order chi connectivity index (χ1) is 8.29. The lowest BCUT2D eigenvalue weighted by Crippen LogP contribution is -2.47. The highest BCUT2D eigenvalue weighted by molar-refractivity contribution is 4.83. The van der Waals surface area contributed by atoms with Gasteiger partial charge in [0.2, 0.25) is 0 Å². The number of ether oxygens (including phenoxy) is 1.